The van der Waals surface area contributed by atoms with Gasteiger partial charge in [-0.25, -0.2) is 0 Å². The van der Waals surface area contributed by atoms with E-state index in [-0.39, 0.29) is 17.8 Å². The van der Waals surface area contributed by atoms with Gasteiger partial charge in [-0.1, -0.05) is 36.4 Å². The van der Waals surface area contributed by atoms with E-state index in [0.717, 1.165) is 5.56 Å². The van der Waals surface area contributed by atoms with E-state index >= 15 is 0 Å². The molecular formula is C21H20F3N3O3. The van der Waals surface area contributed by atoms with Crippen molar-refractivity contribution in [3.8, 4) is 22.6 Å². The van der Waals surface area contributed by atoms with Crippen LogP contribution in [-0.2, 0) is 17.4 Å². The molecule has 3 rings (SSSR count). The molecule has 158 valence electrons. The second-order valence-electron chi connectivity index (χ2n) is 6.42. The molecule has 3 aromatic rings. The SMILES string of the molecule is COc1ccc(CCC(=O)Nc2n[nH]c(C(F)(F)F)c2-c2ccccc2)cc1OC. The number of ether oxygens (including phenoxy) is 2. The Morgan fingerprint density at radius 2 is 1.77 bits per heavy atom. The molecule has 0 radical (unpaired) electrons. The van der Waals surface area contributed by atoms with Crippen LogP contribution in [0.5, 0.6) is 11.5 Å². The number of halogens is 3. The van der Waals surface area contributed by atoms with Crippen molar-refractivity contribution in [3.63, 3.8) is 0 Å². The van der Waals surface area contributed by atoms with Gasteiger partial charge in [-0.3, -0.25) is 9.89 Å². The molecule has 6 nitrogen and oxygen atoms in total. The summed E-state index contributed by atoms with van der Waals surface area (Å²) in [4.78, 5) is 12.4. The number of H-pyrrole nitrogens is 1. The summed E-state index contributed by atoms with van der Waals surface area (Å²) in [5.41, 5.74) is -0.0793. The van der Waals surface area contributed by atoms with Crippen molar-refractivity contribution in [2.45, 2.75) is 19.0 Å². The third-order valence-corrected chi connectivity index (χ3v) is 4.46. The van der Waals surface area contributed by atoms with Crippen LogP contribution in [-0.4, -0.2) is 30.3 Å². The number of methoxy groups -OCH3 is 2. The number of carbonyl (C=O) groups is 1. The van der Waals surface area contributed by atoms with Crippen LogP contribution in [0.3, 0.4) is 0 Å². The molecule has 1 heterocycles. The molecule has 1 amide bonds. The molecule has 2 N–H and O–H groups in total. The Hall–Kier alpha value is -3.49. The summed E-state index contributed by atoms with van der Waals surface area (Å²) in [5, 5.41) is 8.18. The maximum atomic E-state index is 13.4. The predicted molar refractivity (Wildman–Crippen MR) is 106 cm³/mol. The third kappa shape index (κ3) is 4.73. The maximum absolute atomic E-state index is 13.4. The number of amides is 1. The van der Waals surface area contributed by atoms with Crippen molar-refractivity contribution in [3.05, 3.63) is 59.8 Å². The largest absolute Gasteiger partial charge is 0.493 e. The Balaban J connectivity index is 1.77. The molecule has 0 fully saturated rings. The topological polar surface area (TPSA) is 76.2 Å². The highest BCUT2D eigenvalue weighted by Crippen LogP contribution is 2.39. The third-order valence-electron chi connectivity index (χ3n) is 4.46. The molecule has 0 spiro atoms. The Bertz CT molecular complexity index is 1020. The van der Waals surface area contributed by atoms with Crippen LogP contribution in [0.25, 0.3) is 11.1 Å². The molecule has 0 aliphatic rings. The first-order valence-electron chi connectivity index (χ1n) is 9.05. The molecule has 0 unspecified atom stereocenters. The normalized spacial score (nSPS) is 11.2. The fourth-order valence-electron chi connectivity index (χ4n) is 3.01. The Labute approximate surface area is 171 Å². The zero-order chi connectivity index (χ0) is 21.7. The van der Waals surface area contributed by atoms with Crippen molar-refractivity contribution < 1.29 is 27.4 Å². The summed E-state index contributed by atoms with van der Waals surface area (Å²) >= 11 is 0. The van der Waals surface area contributed by atoms with Gasteiger partial charge in [-0.05, 0) is 29.7 Å². The van der Waals surface area contributed by atoms with Gasteiger partial charge in [0, 0.05) is 6.42 Å². The van der Waals surface area contributed by atoms with Crippen LogP contribution >= 0.6 is 0 Å². The number of aromatic amines is 1. The van der Waals surface area contributed by atoms with Crippen LogP contribution in [0.4, 0.5) is 19.0 Å². The number of aryl methyl sites for hydroxylation is 1. The number of alkyl halides is 3. The zero-order valence-corrected chi connectivity index (χ0v) is 16.3. The molecule has 0 atom stereocenters. The first-order valence-corrected chi connectivity index (χ1v) is 9.05. The molecule has 30 heavy (non-hydrogen) atoms. The van der Waals surface area contributed by atoms with Crippen LogP contribution < -0.4 is 14.8 Å². The summed E-state index contributed by atoms with van der Waals surface area (Å²) in [6.45, 7) is 0. The summed E-state index contributed by atoms with van der Waals surface area (Å²) in [6.07, 6.45) is -4.22. The molecule has 2 aromatic carbocycles. The summed E-state index contributed by atoms with van der Waals surface area (Å²) in [5.74, 6) is 0.478. The minimum atomic E-state index is -4.64. The second-order valence-corrected chi connectivity index (χ2v) is 6.42. The maximum Gasteiger partial charge on any atom is 0.433 e. The van der Waals surface area contributed by atoms with Gasteiger partial charge in [0.05, 0.1) is 19.8 Å². The van der Waals surface area contributed by atoms with Gasteiger partial charge in [0.2, 0.25) is 5.91 Å². The number of hydrogen-bond donors (Lipinski definition) is 2. The first kappa shape index (κ1) is 21.2. The average molecular weight is 419 g/mol. The highest BCUT2D eigenvalue weighted by Gasteiger charge is 2.38. The van der Waals surface area contributed by atoms with Gasteiger partial charge in [0.15, 0.2) is 17.3 Å². The van der Waals surface area contributed by atoms with Crippen LogP contribution in [0.1, 0.15) is 17.7 Å². The quantitative estimate of drug-likeness (QED) is 0.583. The summed E-state index contributed by atoms with van der Waals surface area (Å²) < 4.78 is 50.5. The van der Waals surface area contributed by atoms with Crippen LogP contribution in [0, 0.1) is 0 Å². The summed E-state index contributed by atoms with van der Waals surface area (Å²) in [6, 6.07) is 13.2. The lowest BCUT2D eigenvalue weighted by molar-refractivity contribution is -0.140. The fraction of sp³-hybridized carbons (Fsp3) is 0.238. The molecule has 0 aliphatic heterocycles. The zero-order valence-electron chi connectivity index (χ0n) is 16.3. The number of nitrogens with one attached hydrogen (secondary N) is 2. The number of carbonyl (C=O) groups excluding carboxylic acids is 1. The van der Waals surface area contributed by atoms with Gasteiger partial charge in [-0.15, -0.1) is 0 Å². The second kappa shape index (κ2) is 8.89. The van der Waals surface area contributed by atoms with Gasteiger partial charge in [0.25, 0.3) is 0 Å². The lowest BCUT2D eigenvalue weighted by Crippen LogP contribution is -2.14. The van der Waals surface area contributed by atoms with Gasteiger partial charge in [-0.2, -0.15) is 18.3 Å². The van der Waals surface area contributed by atoms with E-state index in [2.05, 4.69) is 10.4 Å². The van der Waals surface area contributed by atoms with Crippen molar-refractivity contribution in [1.29, 1.82) is 0 Å². The highest BCUT2D eigenvalue weighted by molar-refractivity contribution is 5.94. The molecule has 9 heteroatoms. The number of anilines is 1. The van der Waals surface area contributed by atoms with Gasteiger partial charge in [0.1, 0.15) is 5.69 Å². The number of rotatable bonds is 7. The van der Waals surface area contributed by atoms with E-state index in [1.165, 1.54) is 26.4 Å². The van der Waals surface area contributed by atoms with E-state index in [1.807, 2.05) is 5.10 Å². The Morgan fingerprint density at radius 1 is 1.07 bits per heavy atom. The van der Waals surface area contributed by atoms with Crippen LogP contribution in [0.15, 0.2) is 48.5 Å². The lowest BCUT2D eigenvalue weighted by Gasteiger charge is -2.11. The number of aromatic nitrogens is 2. The number of benzene rings is 2. The lowest BCUT2D eigenvalue weighted by atomic mass is 10.0. The smallest absolute Gasteiger partial charge is 0.433 e. The standard InChI is InChI=1S/C21H20F3N3O3/c1-29-15-10-8-13(12-16(15)30-2)9-11-17(28)25-20-18(14-6-4-3-5-7-14)19(26-27-20)21(22,23)24/h3-8,10,12H,9,11H2,1-2H3,(H2,25,26,27,28). The number of nitrogens with zero attached hydrogens (tertiary/aromatic N) is 1. The molecular weight excluding hydrogens is 399 g/mol. The minimum absolute atomic E-state index is 0.0535. The van der Waals surface area contributed by atoms with E-state index < -0.39 is 17.8 Å². The minimum Gasteiger partial charge on any atom is -0.493 e. The Kier molecular flexibility index (Phi) is 6.29. The molecule has 0 bridgehead atoms. The fourth-order valence-corrected chi connectivity index (χ4v) is 3.01. The highest BCUT2D eigenvalue weighted by atomic mass is 19.4. The van der Waals surface area contributed by atoms with Crippen molar-refractivity contribution in [1.82, 2.24) is 10.2 Å². The summed E-state index contributed by atoms with van der Waals surface area (Å²) in [7, 11) is 3.03. The first-order chi connectivity index (χ1) is 14.3. The average Bonchev–Trinajstić information content (AvgIpc) is 3.16. The molecule has 0 aliphatic carbocycles. The van der Waals surface area contributed by atoms with E-state index in [9.17, 15) is 18.0 Å². The molecule has 1 aromatic heterocycles. The van der Waals surface area contributed by atoms with Crippen molar-refractivity contribution in [2.75, 3.05) is 19.5 Å². The van der Waals surface area contributed by atoms with E-state index in [4.69, 9.17) is 9.47 Å². The Morgan fingerprint density at radius 3 is 2.40 bits per heavy atom. The van der Waals surface area contributed by atoms with Gasteiger partial charge >= 0.3 is 6.18 Å². The van der Waals surface area contributed by atoms with Crippen molar-refractivity contribution in [2.24, 2.45) is 0 Å². The van der Waals surface area contributed by atoms with Crippen LogP contribution in [0.2, 0.25) is 0 Å². The monoisotopic (exact) mass is 419 g/mol. The van der Waals surface area contributed by atoms with E-state index in [0.29, 0.717) is 23.5 Å². The van der Waals surface area contributed by atoms with E-state index in [1.54, 1.807) is 36.4 Å². The van der Waals surface area contributed by atoms with Crippen molar-refractivity contribution >= 4 is 11.7 Å². The van der Waals surface area contributed by atoms with Gasteiger partial charge < -0.3 is 14.8 Å². The molecule has 0 saturated heterocycles. The molecule has 0 saturated carbocycles. The predicted octanol–water partition coefficient (Wildman–Crippen LogP) is 4.68. The number of hydrogen-bond acceptors (Lipinski definition) is 4.